The number of rotatable bonds is 3. The summed E-state index contributed by atoms with van der Waals surface area (Å²) in [6, 6.07) is 4.57. The van der Waals surface area contributed by atoms with Crippen LogP contribution in [0.2, 0.25) is 0 Å². The number of anilines is 1. The van der Waals surface area contributed by atoms with Gasteiger partial charge >= 0.3 is 0 Å². The SMILES string of the molecule is O=C(Nc1ccc(F)cc1F)c1csc(-c2ncccn2)n1. The highest BCUT2D eigenvalue weighted by Crippen LogP contribution is 2.21. The molecular formula is C14H8F2N4OS. The maximum absolute atomic E-state index is 13.5. The highest BCUT2D eigenvalue weighted by molar-refractivity contribution is 7.13. The van der Waals surface area contributed by atoms with Crippen LogP contribution in [-0.4, -0.2) is 20.9 Å². The predicted octanol–water partition coefficient (Wildman–Crippen LogP) is 3.13. The fourth-order valence-electron chi connectivity index (χ4n) is 1.67. The van der Waals surface area contributed by atoms with Crippen molar-refractivity contribution >= 4 is 22.9 Å². The molecule has 3 aromatic rings. The number of hydrogen-bond acceptors (Lipinski definition) is 5. The summed E-state index contributed by atoms with van der Waals surface area (Å²) in [6.45, 7) is 0. The Labute approximate surface area is 127 Å². The summed E-state index contributed by atoms with van der Waals surface area (Å²) in [4.78, 5) is 24.2. The van der Waals surface area contributed by atoms with Crippen molar-refractivity contribution in [3.63, 3.8) is 0 Å². The standard InChI is InChI=1S/C14H8F2N4OS/c15-8-2-3-10(9(16)6-8)19-13(21)11-7-22-14(20-11)12-17-4-1-5-18-12/h1-7H,(H,19,21). The molecule has 1 aromatic carbocycles. The maximum Gasteiger partial charge on any atom is 0.275 e. The van der Waals surface area contributed by atoms with E-state index in [-0.39, 0.29) is 11.4 Å². The van der Waals surface area contributed by atoms with E-state index in [1.165, 1.54) is 16.7 Å². The Morgan fingerprint density at radius 3 is 2.68 bits per heavy atom. The van der Waals surface area contributed by atoms with Gasteiger partial charge in [-0.15, -0.1) is 11.3 Å². The Kier molecular flexibility index (Phi) is 3.84. The number of aromatic nitrogens is 3. The van der Waals surface area contributed by atoms with Crippen molar-refractivity contribution in [1.29, 1.82) is 0 Å². The Bertz CT molecular complexity index is 823. The van der Waals surface area contributed by atoms with Gasteiger partial charge in [0.1, 0.15) is 17.3 Å². The van der Waals surface area contributed by atoms with Gasteiger partial charge in [-0.3, -0.25) is 4.79 Å². The predicted molar refractivity (Wildman–Crippen MR) is 77.5 cm³/mol. The topological polar surface area (TPSA) is 67.8 Å². The zero-order valence-corrected chi connectivity index (χ0v) is 11.8. The molecule has 2 aromatic heterocycles. The molecule has 110 valence electrons. The minimum atomic E-state index is -0.852. The zero-order chi connectivity index (χ0) is 15.5. The van der Waals surface area contributed by atoms with Crippen LogP contribution in [-0.2, 0) is 0 Å². The molecule has 0 aliphatic rings. The van der Waals surface area contributed by atoms with Crippen molar-refractivity contribution in [3.05, 3.63) is 59.4 Å². The van der Waals surface area contributed by atoms with E-state index in [2.05, 4.69) is 20.3 Å². The van der Waals surface area contributed by atoms with Gasteiger partial charge in [-0.2, -0.15) is 0 Å². The van der Waals surface area contributed by atoms with Gasteiger partial charge in [-0.25, -0.2) is 23.7 Å². The van der Waals surface area contributed by atoms with Crippen molar-refractivity contribution in [2.24, 2.45) is 0 Å². The molecule has 5 nitrogen and oxygen atoms in total. The number of carbonyl (C=O) groups excluding carboxylic acids is 1. The third-order valence-corrected chi connectivity index (χ3v) is 3.51. The molecule has 8 heteroatoms. The smallest absolute Gasteiger partial charge is 0.275 e. The lowest BCUT2D eigenvalue weighted by Crippen LogP contribution is -2.13. The van der Waals surface area contributed by atoms with E-state index in [0.717, 1.165) is 12.1 Å². The molecule has 0 radical (unpaired) electrons. The number of nitrogens with one attached hydrogen (secondary N) is 1. The molecule has 0 saturated carbocycles. The second kappa shape index (κ2) is 5.94. The first kappa shape index (κ1) is 14.2. The number of halogens is 2. The number of thiazole rings is 1. The van der Waals surface area contributed by atoms with Gasteiger partial charge < -0.3 is 5.32 Å². The van der Waals surface area contributed by atoms with E-state index in [4.69, 9.17) is 0 Å². The number of carbonyl (C=O) groups is 1. The van der Waals surface area contributed by atoms with Crippen LogP contribution in [0.3, 0.4) is 0 Å². The molecule has 0 unspecified atom stereocenters. The monoisotopic (exact) mass is 318 g/mol. The number of benzene rings is 1. The Balaban J connectivity index is 1.80. The maximum atomic E-state index is 13.5. The summed E-state index contributed by atoms with van der Waals surface area (Å²) in [5, 5.41) is 4.33. The second-order valence-electron chi connectivity index (χ2n) is 4.19. The minimum Gasteiger partial charge on any atom is -0.318 e. The van der Waals surface area contributed by atoms with Crippen LogP contribution >= 0.6 is 11.3 Å². The fourth-order valence-corrected chi connectivity index (χ4v) is 2.41. The summed E-state index contributed by atoms with van der Waals surface area (Å²) in [5.74, 6) is -1.76. The van der Waals surface area contributed by atoms with Gasteiger partial charge in [0.05, 0.1) is 5.69 Å². The largest absolute Gasteiger partial charge is 0.318 e. The molecule has 0 fully saturated rings. The van der Waals surface area contributed by atoms with E-state index in [1.54, 1.807) is 18.5 Å². The van der Waals surface area contributed by atoms with Crippen molar-refractivity contribution in [3.8, 4) is 10.8 Å². The van der Waals surface area contributed by atoms with Gasteiger partial charge in [0.25, 0.3) is 5.91 Å². The zero-order valence-electron chi connectivity index (χ0n) is 11.0. The average molecular weight is 318 g/mol. The van der Waals surface area contributed by atoms with E-state index in [9.17, 15) is 13.6 Å². The molecule has 2 heterocycles. The van der Waals surface area contributed by atoms with E-state index < -0.39 is 17.5 Å². The van der Waals surface area contributed by atoms with Crippen molar-refractivity contribution in [2.45, 2.75) is 0 Å². The summed E-state index contributed by atoms with van der Waals surface area (Å²) in [5.41, 5.74) is -0.00640. The van der Waals surface area contributed by atoms with E-state index >= 15 is 0 Å². The normalized spacial score (nSPS) is 10.5. The van der Waals surface area contributed by atoms with Gasteiger partial charge in [-0.1, -0.05) is 0 Å². The quantitative estimate of drug-likeness (QED) is 0.805. The first-order valence-electron chi connectivity index (χ1n) is 6.13. The Morgan fingerprint density at radius 1 is 1.18 bits per heavy atom. The lowest BCUT2D eigenvalue weighted by molar-refractivity contribution is 0.102. The van der Waals surface area contributed by atoms with E-state index in [1.807, 2.05) is 0 Å². The van der Waals surface area contributed by atoms with Gasteiger partial charge in [-0.05, 0) is 18.2 Å². The molecule has 0 aliphatic heterocycles. The summed E-state index contributed by atoms with van der Waals surface area (Å²) >= 11 is 1.20. The molecule has 0 aliphatic carbocycles. The molecule has 0 bridgehead atoms. The summed E-state index contributed by atoms with van der Waals surface area (Å²) < 4.78 is 26.3. The van der Waals surface area contributed by atoms with Crippen molar-refractivity contribution in [1.82, 2.24) is 15.0 Å². The highest BCUT2D eigenvalue weighted by atomic mass is 32.1. The van der Waals surface area contributed by atoms with Gasteiger partial charge in [0.15, 0.2) is 10.8 Å². The fraction of sp³-hybridized carbons (Fsp3) is 0. The van der Waals surface area contributed by atoms with E-state index in [0.29, 0.717) is 16.9 Å². The first-order valence-corrected chi connectivity index (χ1v) is 7.01. The summed E-state index contributed by atoms with van der Waals surface area (Å²) in [7, 11) is 0. The molecule has 0 spiro atoms. The molecule has 1 amide bonds. The molecule has 0 saturated heterocycles. The van der Waals surface area contributed by atoms with Crippen LogP contribution in [0.25, 0.3) is 10.8 Å². The highest BCUT2D eigenvalue weighted by Gasteiger charge is 2.15. The summed E-state index contributed by atoms with van der Waals surface area (Å²) in [6.07, 6.45) is 3.13. The van der Waals surface area contributed by atoms with Crippen LogP contribution in [0.4, 0.5) is 14.5 Å². The van der Waals surface area contributed by atoms with Crippen molar-refractivity contribution in [2.75, 3.05) is 5.32 Å². The lowest BCUT2D eigenvalue weighted by Gasteiger charge is -2.04. The van der Waals surface area contributed by atoms with Gasteiger partial charge in [0.2, 0.25) is 0 Å². The Morgan fingerprint density at radius 2 is 1.95 bits per heavy atom. The average Bonchev–Trinajstić information content (AvgIpc) is 3.01. The van der Waals surface area contributed by atoms with Crippen LogP contribution < -0.4 is 5.32 Å². The number of nitrogens with zero attached hydrogens (tertiary/aromatic N) is 3. The van der Waals surface area contributed by atoms with Crippen LogP contribution in [0.1, 0.15) is 10.5 Å². The van der Waals surface area contributed by atoms with Crippen LogP contribution in [0, 0.1) is 11.6 Å². The van der Waals surface area contributed by atoms with Crippen LogP contribution in [0.15, 0.2) is 42.0 Å². The minimum absolute atomic E-state index is 0.108. The first-order chi connectivity index (χ1) is 10.6. The molecule has 0 atom stereocenters. The Hall–Kier alpha value is -2.74. The number of amides is 1. The van der Waals surface area contributed by atoms with Crippen molar-refractivity contribution < 1.29 is 13.6 Å². The molecule has 22 heavy (non-hydrogen) atoms. The molecule has 3 rings (SSSR count). The van der Waals surface area contributed by atoms with Gasteiger partial charge in [0, 0.05) is 23.8 Å². The third-order valence-electron chi connectivity index (χ3n) is 2.67. The molecule has 1 N–H and O–H groups in total. The number of hydrogen-bond donors (Lipinski definition) is 1. The molecular weight excluding hydrogens is 310 g/mol. The lowest BCUT2D eigenvalue weighted by atomic mass is 10.3. The van der Waals surface area contributed by atoms with Crippen LogP contribution in [0.5, 0.6) is 0 Å². The third kappa shape index (κ3) is 2.96. The second-order valence-corrected chi connectivity index (χ2v) is 5.05.